The number of halogens is 1. The maximum Gasteiger partial charge on any atom is 0.190 e. The first-order valence-corrected chi connectivity index (χ1v) is 10.1. The smallest absolute Gasteiger partial charge is 0.190 e. The van der Waals surface area contributed by atoms with Crippen molar-refractivity contribution in [2.75, 3.05) is 20.1 Å². The van der Waals surface area contributed by atoms with Gasteiger partial charge in [0.2, 0.25) is 0 Å². The minimum absolute atomic E-state index is 0. The largest absolute Gasteiger partial charge is 0.361 e. The normalized spacial score (nSPS) is 11.6. The number of nitrogens with one attached hydrogen (secondary N) is 3. The van der Waals surface area contributed by atoms with Gasteiger partial charge in [0.05, 0.1) is 5.69 Å². The number of pyridine rings is 1. The van der Waals surface area contributed by atoms with Gasteiger partial charge in [-0.15, -0.1) is 24.0 Å². The Bertz CT molecular complexity index is 1160. The number of aromatic amines is 1. The quantitative estimate of drug-likeness (QED) is 0.206. The number of H-pyrrole nitrogens is 1. The molecule has 30 heavy (non-hydrogen) atoms. The Morgan fingerprint density at radius 2 is 1.83 bits per heavy atom. The molecule has 0 saturated heterocycles. The van der Waals surface area contributed by atoms with Crippen molar-refractivity contribution in [1.82, 2.24) is 25.0 Å². The van der Waals surface area contributed by atoms with Crippen molar-refractivity contribution in [1.29, 1.82) is 0 Å². The van der Waals surface area contributed by atoms with Crippen molar-refractivity contribution >= 4 is 46.5 Å². The Balaban J connectivity index is 0.00000256. The zero-order valence-corrected chi connectivity index (χ0v) is 20.0. The highest BCUT2D eigenvalue weighted by atomic mass is 127. The van der Waals surface area contributed by atoms with Gasteiger partial charge in [-0.05, 0) is 43.0 Å². The lowest BCUT2D eigenvalue weighted by Crippen LogP contribution is -2.39. The average molecular weight is 516 g/mol. The molecule has 6 nitrogen and oxygen atoms in total. The molecule has 158 valence electrons. The molecule has 0 atom stereocenters. The molecule has 0 aliphatic heterocycles. The van der Waals surface area contributed by atoms with Crippen LogP contribution in [0.4, 0.5) is 0 Å². The van der Waals surface area contributed by atoms with Crippen LogP contribution in [-0.4, -0.2) is 40.5 Å². The van der Waals surface area contributed by atoms with E-state index in [9.17, 15) is 0 Å². The lowest BCUT2D eigenvalue weighted by atomic mass is 10.1. The molecule has 4 rings (SSSR count). The second kappa shape index (κ2) is 9.97. The first-order chi connectivity index (χ1) is 14.2. The number of guanidine groups is 1. The minimum Gasteiger partial charge on any atom is -0.361 e. The number of nitrogens with zero attached hydrogens (tertiary/aromatic N) is 3. The number of hydrogen-bond donors (Lipinski definition) is 3. The molecule has 0 radical (unpaired) electrons. The first kappa shape index (κ1) is 22.1. The fourth-order valence-corrected chi connectivity index (χ4v) is 3.74. The van der Waals surface area contributed by atoms with E-state index in [1.165, 1.54) is 27.6 Å². The van der Waals surface area contributed by atoms with E-state index in [0.29, 0.717) is 0 Å². The molecule has 0 amide bonds. The third kappa shape index (κ3) is 4.77. The van der Waals surface area contributed by atoms with Gasteiger partial charge in [0, 0.05) is 56.1 Å². The summed E-state index contributed by atoms with van der Waals surface area (Å²) in [7, 11) is 1.80. The van der Waals surface area contributed by atoms with Crippen LogP contribution in [0.15, 0.2) is 53.9 Å². The lowest BCUT2D eigenvalue weighted by molar-refractivity contribution is 0.779. The van der Waals surface area contributed by atoms with Crippen molar-refractivity contribution in [2.45, 2.75) is 26.7 Å². The van der Waals surface area contributed by atoms with E-state index in [2.05, 4.69) is 75.5 Å². The average Bonchev–Trinajstić information content (AvgIpc) is 3.32. The van der Waals surface area contributed by atoms with Crippen LogP contribution in [0, 0.1) is 13.8 Å². The Hall–Kier alpha value is -2.55. The first-order valence-electron chi connectivity index (χ1n) is 10.1. The molecule has 4 aromatic rings. The second-order valence-electron chi connectivity index (χ2n) is 7.39. The van der Waals surface area contributed by atoms with E-state index in [1.807, 2.05) is 12.3 Å². The minimum atomic E-state index is 0. The van der Waals surface area contributed by atoms with Crippen LogP contribution in [-0.2, 0) is 12.8 Å². The van der Waals surface area contributed by atoms with E-state index < -0.39 is 0 Å². The van der Waals surface area contributed by atoms with E-state index in [0.717, 1.165) is 43.2 Å². The maximum atomic E-state index is 4.73. The third-order valence-electron chi connectivity index (χ3n) is 5.32. The van der Waals surface area contributed by atoms with Crippen LogP contribution >= 0.6 is 24.0 Å². The van der Waals surface area contributed by atoms with E-state index in [-0.39, 0.29) is 24.0 Å². The van der Waals surface area contributed by atoms with Gasteiger partial charge in [0.1, 0.15) is 5.65 Å². The van der Waals surface area contributed by atoms with Gasteiger partial charge >= 0.3 is 0 Å². The van der Waals surface area contributed by atoms with Crippen molar-refractivity contribution < 1.29 is 0 Å². The molecule has 0 aliphatic rings. The molecule has 0 unspecified atom stereocenters. The number of fused-ring (bicyclic) bond motifs is 2. The maximum absolute atomic E-state index is 4.73. The molecule has 3 heterocycles. The molecule has 1 aromatic carbocycles. The van der Waals surface area contributed by atoms with Crippen molar-refractivity contribution in [2.24, 2.45) is 4.99 Å². The fourth-order valence-electron chi connectivity index (χ4n) is 3.74. The van der Waals surface area contributed by atoms with Gasteiger partial charge in [-0.3, -0.25) is 4.99 Å². The number of para-hydroxylation sites is 1. The predicted molar refractivity (Wildman–Crippen MR) is 135 cm³/mol. The number of aliphatic imine (C=N–C) groups is 1. The molecule has 3 aromatic heterocycles. The molecule has 3 N–H and O–H groups in total. The van der Waals surface area contributed by atoms with Crippen LogP contribution in [0.25, 0.3) is 16.6 Å². The van der Waals surface area contributed by atoms with E-state index >= 15 is 0 Å². The van der Waals surface area contributed by atoms with Crippen molar-refractivity contribution in [3.63, 3.8) is 0 Å². The van der Waals surface area contributed by atoms with Gasteiger partial charge in [0.25, 0.3) is 0 Å². The zero-order valence-electron chi connectivity index (χ0n) is 17.7. The summed E-state index contributed by atoms with van der Waals surface area (Å²) in [6.07, 6.45) is 8.04. The molecular formula is C23H29IN6. The van der Waals surface area contributed by atoms with Crippen LogP contribution < -0.4 is 10.6 Å². The number of hydrogen-bond acceptors (Lipinski definition) is 2. The molecule has 0 bridgehead atoms. The van der Waals surface area contributed by atoms with Gasteiger partial charge < -0.3 is 20.0 Å². The fraction of sp³-hybridized carbons (Fsp3) is 0.304. The highest BCUT2D eigenvalue weighted by Crippen LogP contribution is 2.21. The molecule has 0 saturated carbocycles. The van der Waals surface area contributed by atoms with Gasteiger partial charge in [-0.25, -0.2) is 4.98 Å². The predicted octanol–water partition coefficient (Wildman–Crippen LogP) is 4.00. The Morgan fingerprint density at radius 1 is 1.07 bits per heavy atom. The summed E-state index contributed by atoms with van der Waals surface area (Å²) in [5, 5.41) is 8.10. The SMILES string of the molecule is CN=C(NCCc1cn2cccc(C)c2n1)NCCc1c[nH]c2c(C)cccc12.I. The van der Waals surface area contributed by atoms with Gasteiger partial charge in [-0.1, -0.05) is 24.3 Å². The molecular weight excluding hydrogens is 487 g/mol. The summed E-state index contributed by atoms with van der Waals surface area (Å²) < 4.78 is 2.08. The summed E-state index contributed by atoms with van der Waals surface area (Å²) in [5.41, 5.74) is 7.13. The van der Waals surface area contributed by atoms with Crippen molar-refractivity contribution in [3.05, 3.63) is 71.3 Å². The summed E-state index contributed by atoms with van der Waals surface area (Å²) >= 11 is 0. The number of rotatable bonds is 6. The number of aryl methyl sites for hydroxylation is 2. The van der Waals surface area contributed by atoms with Crippen LogP contribution in [0.3, 0.4) is 0 Å². The highest BCUT2D eigenvalue weighted by molar-refractivity contribution is 14.0. The van der Waals surface area contributed by atoms with Crippen LogP contribution in [0.2, 0.25) is 0 Å². The zero-order chi connectivity index (χ0) is 20.2. The van der Waals surface area contributed by atoms with Crippen LogP contribution in [0.1, 0.15) is 22.4 Å². The van der Waals surface area contributed by atoms with Gasteiger partial charge in [-0.2, -0.15) is 0 Å². The Morgan fingerprint density at radius 3 is 2.60 bits per heavy atom. The molecule has 7 heteroatoms. The van der Waals surface area contributed by atoms with E-state index in [4.69, 9.17) is 4.98 Å². The van der Waals surface area contributed by atoms with E-state index in [1.54, 1.807) is 7.05 Å². The third-order valence-corrected chi connectivity index (χ3v) is 5.32. The lowest BCUT2D eigenvalue weighted by Gasteiger charge is -2.11. The Kier molecular flexibility index (Phi) is 7.36. The van der Waals surface area contributed by atoms with Crippen LogP contribution in [0.5, 0.6) is 0 Å². The topological polar surface area (TPSA) is 69.5 Å². The molecule has 0 spiro atoms. The number of imidazole rings is 1. The summed E-state index contributed by atoms with van der Waals surface area (Å²) in [6, 6.07) is 10.6. The summed E-state index contributed by atoms with van der Waals surface area (Å²) in [5.74, 6) is 0.820. The van der Waals surface area contributed by atoms with Crippen molar-refractivity contribution in [3.8, 4) is 0 Å². The molecule has 0 aliphatic carbocycles. The molecule has 0 fully saturated rings. The highest BCUT2D eigenvalue weighted by Gasteiger charge is 2.07. The second-order valence-corrected chi connectivity index (χ2v) is 7.39. The Labute approximate surface area is 194 Å². The number of aromatic nitrogens is 3. The standard InChI is InChI=1S/C23H28N6.HI/c1-16-6-4-8-20-18(14-27-21(16)20)9-11-25-23(24-3)26-12-10-19-15-29-13-5-7-17(2)22(29)28-19;/h4-8,13-15,27H,9-12H2,1-3H3,(H2,24,25,26);1H. The van der Waals surface area contributed by atoms with Gasteiger partial charge in [0.15, 0.2) is 5.96 Å². The monoisotopic (exact) mass is 516 g/mol. The number of benzene rings is 1. The summed E-state index contributed by atoms with van der Waals surface area (Å²) in [4.78, 5) is 12.5. The summed E-state index contributed by atoms with van der Waals surface area (Å²) in [6.45, 7) is 5.84.